The molecule has 0 saturated heterocycles. The maximum absolute atomic E-state index is 12.2. The maximum atomic E-state index is 12.2. The largest absolute Gasteiger partial charge is 0.326 e. The average Bonchev–Trinajstić information content (AvgIpc) is 2.62. The van der Waals surface area contributed by atoms with Gasteiger partial charge in [0.2, 0.25) is 5.91 Å². The lowest BCUT2D eigenvalue weighted by Gasteiger charge is -2.14. The van der Waals surface area contributed by atoms with Gasteiger partial charge in [-0.2, -0.15) is 0 Å². The number of nitrogens with zero attached hydrogens (tertiary/aromatic N) is 1. The van der Waals surface area contributed by atoms with Gasteiger partial charge in [0.15, 0.2) is 0 Å². The summed E-state index contributed by atoms with van der Waals surface area (Å²) in [6, 6.07) is 14.0. The fourth-order valence-electron chi connectivity index (χ4n) is 2.61. The average molecular weight is 391 g/mol. The molecule has 146 valence electrons. The molecule has 1 N–H and O–H groups in total. The number of hydrogen-bond donors (Lipinski definition) is 1. The van der Waals surface area contributed by atoms with Crippen LogP contribution in [0.2, 0.25) is 0 Å². The quantitative estimate of drug-likeness (QED) is 0.702. The second kappa shape index (κ2) is 9.12. The Morgan fingerprint density at radius 2 is 1.59 bits per heavy atom. The summed E-state index contributed by atoms with van der Waals surface area (Å²) in [7, 11) is -1.10. The van der Waals surface area contributed by atoms with E-state index in [9.17, 15) is 13.2 Å². The van der Waals surface area contributed by atoms with E-state index in [1.165, 1.54) is 31.9 Å². The molecule has 27 heavy (non-hydrogen) atoms. The summed E-state index contributed by atoms with van der Waals surface area (Å²) < 4.78 is 25.1. The van der Waals surface area contributed by atoms with Crippen LogP contribution in [-0.2, 0) is 32.5 Å². The van der Waals surface area contributed by atoms with Crippen LogP contribution in [0.1, 0.15) is 25.0 Å². The Bertz CT molecular complexity index is 860. The number of rotatable bonds is 8. The van der Waals surface area contributed by atoms with Gasteiger partial charge >= 0.3 is 0 Å². The lowest BCUT2D eigenvalue weighted by atomic mass is 10.0. The molecule has 2 aromatic carbocycles. The molecule has 2 aromatic rings. The predicted octanol–water partition coefficient (Wildman–Crippen LogP) is 3.25. The third-order valence-electron chi connectivity index (χ3n) is 4.06. The van der Waals surface area contributed by atoms with Gasteiger partial charge in [-0.1, -0.05) is 42.6 Å². The monoisotopic (exact) mass is 390 g/mol. The Balaban J connectivity index is 1.98. The van der Waals surface area contributed by atoms with Crippen molar-refractivity contribution in [2.24, 2.45) is 5.92 Å². The number of hydrogen-bond acceptors (Lipinski definition) is 4. The molecule has 0 radical (unpaired) electrons. The third-order valence-corrected chi connectivity index (χ3v) is 5.76. The molecule has 7 heteroatoms. The van der Waals surface area contributed by atoms with E-state index in [2.05, 4.69) is 31.3 Å². The summed E-state index contributed by atoms with van der Waals surface area (Å²) >= 11 is 0. The number of benzene rings is 2. The fourth-order valence-corrected chi connectivity index (χ4v) is 3.59. The van der Waals surface area contributed by atoms with Crippen molar-refractivity contribution < 1.29 is 18.0 Å². The maximum Gasteiger partial charge on any atom is 0.264 e. The highest BCUT2D eigenvalue weighted by molar-refractivity contribution is 7.89. The van der Waals surface area contributed by atoms with E-state index in [-0.39, 0.29) is 17.2 Å². The molecule has 0 fully saturated rings. The van der Waals surface area contributed by atoms with Crippen LogP contribution in [0.15, 0.2) is 53.4 Å². The molecule has 0 aliphatic rings. The van der Waals surface area contributed by atoms with Crippen molar-refractivity contribution in [3.05, 3.63) is 59.7 Å². The molecule has 0 saturated carbocycles. The predicted molar refractivity (Wildman–Crippen MR) is 106 cm³/mol. The Labute approximate surface area is 161 Å². The van der Waals surface area contributed by atoms with Crippen LogP contribution in [0.3, 0.4) is 0 Å². The van der Waals surface area contributed by atoms with Crippen LogP contribution >= 0.6 is 0 Å². The minimum Gasteiger partial charge on any atom is -0.326 e. The first-order valence-corrected chi connectivity index (χ1v) is 10.2. The summed E-state index contributed by atoms with van der Waals surface area (Å²) in [4.78, 5) is 17.0. The zero-order chi connectivity index (χ0) is 20.0. The van der Waals surface area contributed by atoms with E-state index in [1.807, 2.05) is 12.1 Å². The summed E-state index contributed by atoms with van der Waals surface area (Å²) in [5.74, 6) is 0.436. The van der Waals surface area contributed by atoms with E-state index >= 15 is 0 Å². The number of anilines is 1. The third kappa shape index (κ3) is 5.89. The minimum absolute atomic E-state index is 0.0885. The summed E-state index contributed by atoms with van der Waals surface area (Å²) in [6.07, 6.45) is 1.27. The van der Waals surface area contributed by atoms with Gasteiger partial charge in [-0.05, 0) is 47.7 Å². The molecule has 1 amide bonds. The number of nitrogens with one attached hydrogen (secondary N) is 1. The van der Waals surface area contributed by atoms with Gasteiger partial charge in [-0.25, -0.2) is 8.42 Å². The van der Waals surface area contributed by atoms with E-state index in [0.29, 0.717) is 11.6 Å². The van der Waals surface area contributed by atoms with Gasteiger partial charge in [0.05, 0.1) is 18.4 Å². The van der Waals surface area contributed by atoms with Gasteiger partial charge in [0.25, 0.3) is 10.0 Å². The van der Waals surface area contributed by atoms with E-state index < -0.39 is 10.0 Å². The van der Waals surface area contributed by atoms with Crippen molar-refractivity contribution in [1.29, 1.82) is 0 Å². The number of hydroxylamine groups is 1. The van der Waals surface area contributed by atoms with Gasteiger partial charge in [-0.15, -0.1) is 0 Å². The van der Waals surface area contributed by atoms with Crippen molar-refractivity contribution >= 4 is 21.6 Å². The molecule has 0 aliphatic carbocycles. The first-order valence-electron chi connectivity index (χ1n) is 8.73. The highest BCUT2D eigenvalue weighted by Crippen LogP contribution is 2.18. The smallest absolute Gasteiger partial charge is 0.264 e. The molecule has 0 spiro atoms. The molecule has 0 aliphatic heterocycles. The van der Waals surface area contributed by atoms with Gasteiger partial charge in [-0.3, -0.25) is 9.63 Å². The zero-order valence-corrected chi connectivity index (χ0v) is 16.9. The number of sulfonamides is 1. The molecular weight excluding hydrogens is 364 g/mol. The Morgan fingerprint density at radius 3 is 2.11 bits per heavy atom. The molecule has 0 aromatic heterocycles. The second-order valence-electron chi connectivity index (χ2n) is 6.76. The second-order valence-corrected chi connectivity index (χ2v) is 8.70. The van der Waals surface area contributed by atoms with Crippen LogP contribution < -0.4 is 5.32 Å². The highest BCUT2D eigenvalue weighted by Gasteiger charge is 2.20. The number of amides is 1. The van der Waals surface area contributed by atoms with Gasteiger partial charge in [0.1, 0.15) is 0 Å². The van der Waals surface area contributed by atoms with E-state index in [0.717, 1.165) is 16.5 Å². The lowest BCUT2D eigenvalue weighted by molar-refractivity contribution is -0.115. The Hall–Kier alpha value is -2.22. The molecule has 2 rings (SSSR count). The normalized spacial score (nSPS) is 11.8. The molecule has 6 nitrogen and oxygen atoms in total. The molecule has 0 bridgehead atoms. The van der Waals surface area contributed by atoms with Crippen LogP contribution in [0.4, 0.5) is 5.69 Å². The van der Waals surface area contributed by atoms with Gasteiger partial charge in [0, 0.05) is 12.7 Å². The summed E-state index contributed by atoms with van der Waals surface area (Å²) in [6.45, 7) is 4.34. The first-order chi connectivity index (χ1) is 12.7. The lowest BCUT2D eigenvalue weighted by Crippen LogP contribution is -2.25. The Kier molecular flexibility index (Phi) is 7.12. The molecule has 0 unspecified atom stereocenters. The minimum atomic E-state index is -3.70. The zero-order valence-electron chi connectivity index (χ0n) is 16.1. The summed E-state index contributed by atoms with van der Waals surface area (Å²) in [5.41, 5.74) is 2.73. The molecule has 0 atom stereocenters. The topological polar surface area (TPSA) is 75.7 Å². The summed E-state index contributed by atoms with van der Waals surface area (Å²) in [5, 5.41) is 2.78. The first kappa shape index (κ1) is 21.1. The van der Waals surface area contributed by atoms with Crippen molar-refractivity contribution in [1.82, 2.24) is 4.47 Å². The number of carbonyl (C=O) groups is 1. The fraction of sp³-hybridized carbons (Fsp3) is 0.350. The van der Waals surface area contributed by atoms with Crippen LogP contribution in [0.5, 0.6) is 0 Å². The number of carbonyl (C=O) groups excluding carboxylic acids is 1. The van der Waals surface area contributed by atoms with Crippen LogP contribution in [0, 0.1) is 5.92 Å². The highest BCUT2D eigenvalue weighted by atomic mass is 32.2. The SMILES string of the molecule is CON(C)S(=O)(=O)c1ccc(NC(=O)Cc2ccc(CC(C)C)cc2)cc1. The van der Waals surface area contributed by atoms with E-state index in [4.69, 9.17) is 4.84 Å². The van der Waals surface area contributed by atoms with Crippen molar-refractivity contribution in [3.63, 3.8) is 0 Å². The molecular formula is C20H26N2O4S. The standard InChI is InChI=1S/C20H26N2O4S/c1-15(2)13-16-5-7-17(8-6-16)14-20(23)21-18-9-11-19(12-10-18)27(24,25)22(3)26-4/h5-12,15H,13-14H2,1-4H3,(H,21,23). The van der Waals surface area contributed by atoms with Crippen LogP contribution in [0.25, 0.3) is 0 Å². The van der Waals surface area contributed by atoms with Crippen LogP contribution in [-0.4, -0.2) is 33.0 Å². The van der Waals surface area contributed by atoms with Crippen molar-refractivity contribution in [2.75, 3.05) is 19.5 Å². The van der Waals surface area contributed by atoms with Gasteiger partial charge < -0.3 is 5.32 Å². The van der Waals surface area contributed by atoms with Crippen molar-refractivity contribution in [2.45, 2.75) is 31.6 Å². The molecule has 0 heterocycles. The van der Waals surface area contributed by atoms with E-state index in [1.54, 1.807) is 12.1 Å². The Morgan fingerprint density at radius 1 is 1.04 bits per heavy atom. The van der Waals surface area contributed by atoms with Crippen molar-refractivity contribution in [3.8, 4) is 0 Å².